The molecule has 1 aromatic carbocycles. The summed E-state index contributed by atoms with van der Waals surface area (Å²) in [4.78, 5) is 17.9. The number of benzene rings is 1. The molecular formula is C17H21N3O2. The number of hydrogen-bond donors (Lipinski definition) is 1. The molecule has 0 bridgehead atoms. The molecule has 3 rings (SSSR count). The summed E-state index contributed by atoms with van der Waals surface area (Å²) < 4.78 is 2.18. The molecule has 2 heterocycles. The molecule has 22 heavy (non-hydrogen) atoms. The molecule has 0 unspecified atom stereocenters. The van der Waals surface area contributed by atoms with E-state index < -0.39 is 5.97 Å². The molecule has 1 aliphatic rings. The van der Waals surface area contributed by atoms with Crippen LogP contribution in [0.5, 0.6) is 0 Å². The van der Waals surface area contributed by atoms with Gasteiger partial charge in [-0.3, -0.25) is 4.90 Å². The average molecular weight is 299 g/mol. The van der Waals surface area contributed by atoms with Gasteiger partial charge in [0.05, 0.1) is 5.56 Å². The molecule has 2 aromatic rings. The highest BCUT2D eigenvalue weighted by molar-refractivity contribution is 5.88. The maximum Gasteiger partial charge on any atom is 0.335 e. The number of carboxylic acid groups (broad SMARTS) is 1. The molecule has 1 N–H and O–H groups in total. The van der Waals surface area contributed by atoms with Crippen molar-refractivity contribution in [3.63, 3.8) is 0 Å². The van der Waals surface area contributed by atoms with E-state index in [0.29, 0.717) is 11.6 Å². The molecule has 0 aliphatic carbocycles. The number of nitrogens with zero attached hydrogens (tertiary/aromatic N) is 3. The van der Waals surface area contributed by atoms with Crippen molar-refractivity contribution in [2.75, 3.05) is 13.1 Å². The monoisotopic (exact) mass is 299 g/mol. The summed E-state index contributed by atoms with van der Waals surface area (Å²) in [5.41, 5.74) is 1.26. The smallest absolute Gasteiger partial charge is 0.335 e. The van der Waals surface area contributed by atoms with Crippen molar-refractivity contribution in [3.05, 3.63) is 42.2 Å². The third-order valence-electron chi connectivity index (χ3n) is 4.42. The van der Waals surface area contributed by atoms with Crippen molar-refractivity contribution in [2.24, 2.45) is 0 Å². The first-order valence-corrected chi connectivity index (χ1v) is 7.78. The first-order valence-electron chi connectivity index (χ1n) is 7.78. The Morgan fingerprint density at radius 3 is 2.82 bits per heavy atom. The summed E-state index contributed by atoms with van der Waals surface area (Å²) in [5.74, 6) is -0.000623. The van der Waals surface area contributed by atoms with Gasteiger partial charge in [0.2, 0.25) is 0 Å². The van der Waals surface area contributed by atoms with Gasteiger partial charge in [0.25, 0.3) is 0 Å². The van der Waals surface area contributed by atoms with E-state index in [-0.39, 0.29) is 0 Å². The normalized spacial score (nSPS) is 18.7. The van der Waals surface area contributed by atoms with Crippen molar-refractivity contribution >= 4 is 5.97 Å². The van der Waals surface area contributed by atoms with Crippen LogP contribution in [-0.2, 0) is 6.54 Å². The van der Waals surface area contributed by atoms with Crippen molar-refractivity contribution < 1.29 is 9.90 Å². The minimum absolute atomic E-state index is 0.301. The Kier molecular flexibility index (Phi) is 4.24. The second-order valence-corrected chi connectivity index (χ2v) is 5.71. The lowest BCUT2D eigenvalue weighted by molar-refractivity contribution is 0.0697. The van der Waals surface area contributed by atoms with Crippen LogP contribution in [-0.4, -0.2) is 44.7 Å². The minimum atomic E-state index is -0.903. The van der Waals surface area contributed by atoms with Gasteiger partial charge in [-0.25, -0.2) is 9.78 Å². The lowest BCUT2D eigenvalue weighted by atomic mass is 10.1. The molecule has 1 aliphatic heterocycles. The SMILES string of the molecule is CCN1CCC[C@@H]1Cn1ccnc1-c1ccc(C(=O)O)cc1. The lowest BCUT2D eigenvalue weighted by Crippen LogP contribution is -2.32. The summed E-state index contributed by atoms with van der Waals surface area (Å²) >= 11 is 0. The fourth-order valence-corrected chi connectivity index (χ4v) is 3.22. The first kappa shape index (κ1) is 14.8. The number of hydrogen-bond acceptors (Lipinski definition) is 3. The number of rotatable bonds is 5. The molecule has 0 saturated carbocycles. The fraction of sp³-hybridized carbons (Fsp3) is 0.412. The quantitative estimate of drug-likeness (QED) is 0.922. The molecule has 0 radical (unpaired) electrons. The number of imidazole rings is 1. The Morgan fingerprint density at radius 1 is 1.36 bits per heavy atom. The Balaban J connectivity index is 1.81. The molecule has 116 valence electrons. The maximum absolute atomic E-state index is 10.9. The molecule has 1 saturated heterocycles. The number of likely N-dealkylation sites (N-methyl/N-ethyl adjacent to an activating group) is 1. The van der Waals surface area contributed by atoms with Crippen LogP contribution < -0.4 is 0 Å². The highest BCUT2D eigenvalue weighted by atomic mass is 16.4. The van der Waals surface area contributed by atoms with Gasteiger partial charge < -0.3 is 9.67 Å². The topological polar surface area (TPSA) is 58.4 Å². The summed E-state index contributed by atoms with van der Waals surface area (Å²) in [7, 11) is 0. The predicted molar refractivity (Wildman–Crippen MR) is 84.9 cm³/mol. The number of carboxylic acids is 1. The van der Waals surface area contributed by atoms with E-state index in [9.17, 15) is 4.79 Å². The number of aromatic carboxylic acids is 1. The summed E-state index contributed by atoms with van der Waals surface area (Å²) in [5, 5.41) is 8.98. The van der Waals surface area contributed by atoms with E-state index >= 15 is 0 Å². The summed E-state index contributed by atoms with van der Waals surface area (Å²) in [6, 6.07) is 7.48. The van der Waals surface area contributed by atoms with E-state index in [2.05, 4.69) is 21.4 Å². The van der Waals surface area contributed by atoms with Crippen LogP contribution in [0.4, 0.5) is 0 Å². The van der Waals surface area contributed by atoms with Gasteiger partial charge in [0.1, 0.15) is 5.82 Å². The van der Waals surface area contributed by atoms with Gasteiger partial charge >= 0.3 is 5.97 Å². The summed E-state index contributed by atoms with van der Waals surface area (Å²) in [6.07, 6.45) is 6.30. The highest BCUT2D eigenvalue weighted by Gasteiger charge is 2.24. The van der Waals surface area contributed by atoms with Crippen LogP contribution >= 0.6 is 0 Å². The highest BCUT2D eigenvalue weighted by Crippen LogP contribution is 2.23. The van der Waals surface area contributed by atoms with Crippen molar-refractivity contribution in [1.29, 1.82) is 0 Å². The van der Waals surface area contributed by atoms with Gasteiger partial charge in [-0.15, -0.1) is 0 Å². The van der Waals surface area contributed by atoms with Crippen molar-refractivity contribution in [1.82, 2.24) is 14.5 Å². The zero-order valence-electron chi connectivity index (χ0n) is 12.8. The molecule has 1 fully saturated rings. The standard InChI is InChI=1S/C17H21N3O2/c1-2-19-10-3-4-15(19)12-20-11-9-18-16(20)13-5-7-14(8-6-13)17(21)22/h5-9,11,15H,2-4,10,12H2,1H3,(H,21,22)/t15-/m1/s1. The van der Waals surface area contributed by atoms with E-state index in [1.54, 1.807) is 12.1 Å². The third kappa shape index (κ3) is 2.90. The lowest BCUT2D eigenvalue weighted by Gasteiger charge is -2.23. The Labute approximate surface area is 130 Å². The van der Waals surface area contributed by atoms with E-state index in [1.165, 1.54) is 19.4 Å². The van der Waals surface area contributed by atoms with E-state index in [1.807, 2.05) is 24.5 Å². The van der Waals surface area contributed by atoms with E-state index in [4.69, 9.17) is 5.11 Å². The molecule has 0 amide bonds. The van der Waals surface area contributed by atoms with Gasteiger partial charge in [-0.1, -0.05) is 19.1 Å². The largest absolute Gasteiger partial charge is 0.478 e. The van der Waals surface area contributed by atoms with E-state index in [0.717, 1.165) is 24.5 Å². The number of aromatic nitrogens is 2. The van der Waals surface area contributed by atoms with Crippen LogP contribution in [0.25, 0.3) is 11.4 Å². The second-order valence-electron chi connectivity index (χ2n) is 5.71. The maximum atomic E-state index is 10.9. The van der Waals surface area contributed by atoms with Crippen LogP contribution in [0.2, 0.25) is 0 Å². The van der Waals surface area contributed by atoms with Crippen LogP contribution in [0.15, 0.2) is 36.7 Å². The van der Waals surface area contributed by atoms with Gasteiger partial charge in [0.15, 0.2) is 0 Å². The zero-order valence-corrected chi connectivity index (χ0v) is 12.8. The van der Waals surface area contributed by atoms with Crippen LogP contribution in [0.3, 0.4) is 0 Å². The molecule has 5 nitrogen and oxygen atoms in total. The number of likely N-dealkylation sites (tertiary alicyclic amines) is 1. The minimum Gasteiger partial charge on any atom is -0.478 e. The molecule has 1 atom stereocenters. The second kappa shape index (κ2) is 6.32. The first-order chi connectivity index (χ1) is 10.7. The van der Waals surface area contributed by atoms with Crippen LogP contribution in [0, 0.1) is 0 Å². The summed E-state index contributed by atoms with van der Waals surface area (Å²) in [6.45, 7) is 5.40. The van der Waals surface area contributed by atoms with Crippen molar-refractivity contribution in [2.45, 2.75) is 32.4 Å². The molecule has 5 heteroatoms. The van der Waals surface area contributed by atoms with Gasteiger partial charge in [-0.05, 0) is 38.1 Å². The Morgan fingerprint density at radius 2 is 2.14 bits per heavy atom. The Hall–Kier alpha value is -2.14. The third-order valence-corrected chi connectivity index (χ3v) is 4.42. The van der Waals surface area contributed by atoms with Crippen LogP contribution in [0.1, 0.15) is 30.1 Å². The molecule has 0 spiro atoms. The predicted octanol–water partition coefficient (Wildman–Crippen LogP) is 2.73. The Bertz CT molecular complexity index is 648. The number of carbonyl (C=O) groups is 1. The van der Waals surface area contributed by atoms with Crippen molar-refractivity contribution in [3.8, 4) is 11.4 Å². The fourth-order valence-electron chi connectivity index (χ4n) is 3.22. The molecular weight excluding hydrogens is 278 g/mol. The zero-order chi connectivity index (χ0) is 15.5. The van der Waals surface area contributed by atoms with Gasteiger partial charge in [0, 0.05) is 30.5 Å². The molecule has 1 aromatic heterocycles. The average Bonchev–Trinajstić information content (AvgIpc) is 3.17. The van der Waals surface area contributed by atoms with Gasteiger partial charge in [-0.2, -0.15) is 0 Å².